The lowest BCUT2D eigenvalue weighted by molar-refractivity contribution is -0.142. The second-order valence-corrected chi connectivity index (χ2v) is 5.34. The molecule has 1 aromatic rings. The topological polar surface area (TPSA) is 109 Å². The molecular weight excluding hydrogens is 296 g/mol. The third-order valence-corrected chi connectivity index (χ3v) is 3.36. The van der Waals surface area contributed by atoms with Crippen molar-refractivity contribution < 1.29 is 23.9 Å². The van der Waals surface area contributed by atoms with Crippen molar-refractivity contribution in [2.24, 2.45) is 0 Å². The molecule has 7 nitrogen and oxygen atoms in total. The summed E-state index contributed by atoms with van der Waals surface area (Å²) in [5, 5.41) is 13.9. The molecule has 3 N–H and O–H groups in total. The van der Waals surface area contributed by atoms with Crippen molar-refractivity contribution in [2.45, 2.75) is 25.4 Å². The highest BCUT2D eigenvalue weighted by Gasteiger charge is 2.24. The normalized spacial score (nSPS) is 13.2. The highest BCUT2D eigenvalue weighted by Crippen LogP contribution is 2.03. The molecule has 0 aliphatic carbocycles. The summed E-state index contributed by atoms with van der Waals surface area (Å²) in [7, 11) is 0. The van der Waals surface area contributed by atoms with E-state index < -0.39 is 29.9 Å². The van der Waals surface area contributed by atoms with Crippen LogP contribution < -0.4 is 10.6 Å². The summed E-state index contributed by atoms with van der Waals surface area (Å²) in [6.07, 6.45) is 3.52. The van der Waals surface area contributed by atoms with Gasteiger partial charge in [-0.2, -0.15) is 11.8 Å². The standard InChI is InChI=1S/C13H18N2O5S/c1-8(14-12(17)10-4-3-6-20-10)11(16)15-9(13(18)19)5-7-21-2/h3-4,6,8-9H,5,7H2,1-2H3,(H,14,17)(H,15,16)(H,18,19)/t8?,9-/m0/s1. The molecule has 1 unspecified atom stereocenters. The predicted molar refractivity (Wildman–Crippen MR) is 78.2 cm³/mol. The number of hydrogen-bond donors (Lipinski definition) is 3. The molecule has 1 aromatic heterocycles. The zero-order chi connectivity index (χ0) is 15.8. The number of carboxylic acid groups (broad SMARTS) is 1. The van der Waals surface area contributed by atoms with Crippen LogP contribution in [0.4, 0.5) is 0 Å². The largest absolute Gasteiger partial charge is 0.480 e. The molecular formula is C13H18N2O5S. The van der Waals surface area contributed by atoms with Gasteiger partial charge in [0.1, 0.15) is 12.1 Å². The van der Waals surface area contributed by atoms with Crippen molar-refractivity contribution in [2.75, 3.05) is 12.0 Å². The monoisotopic (exact) mass is 314 g/mol. The van der Waals surface area contributed by atoms with Gasteiger partial charge >= 0.3 is 5.97 Å². The molecule has 8 heteroatoms. The van der Waals surface area contributed by atoms with Crippen LogP contribution in [-0.2, 0) is 9.59 Å². The molecule has 2 atom stereocenters. The maximum atomic E-state index is 11.9. The quantitative estimate of drug-likeness (QED) is 0.652. The minimum Gasteiger partial charge on any atom is -0.480 e. The lowest BCUT2D eigenvalue weighted by Crippen LogP contribution is -2.50. The Morgan fingerprint density at radius 3 is 2.62 bits per heavy atom. The van der Waals surface area contributed by atoms with Gasteiger partial charge in [0.15, 0.2) is 5.76 Å². The van der Waals surface area contributed by atoms with Gasteiger partial charge in [0.25, 0.3) is 5.91 Å². The Morgan fingerprint density at radius 2 is 2.10 bits per heavy atom. The van der Waals surface area contributed by atoms with Gasteiger partial charge in [-0.3, -0.25) is 9.59 Å². The molecule has 0 bridgehead atoms. The van der Waals surface area contributed by atoms with Crippen molar-refractivity contribution in [1.82, 2.24) is 10.6 Å². The predicted octanol–water partition coefficient (Wildman–Crippen LogP) is 0.720. The average Bonchev–Trinajstić information content (AvgIpc) is 2.96. The number of amides is 2. The minimum atomic E-state index is -1.10. The van der Waals surface area contributed by atoms with E-state index in [9.17, 15) is 14.4 Å². The van der Waals surface area contributed by atoms with Crippen LogP contribution in [0.2, 0.25) is 0 Å². The van der Waals surface area contributed by atoms with E-state index in [4.69, 9.17) is 9.52 Å². The fraction of sp³-hybridized carbons (Fsp3) is 0.462. The van der Waals surface area contributed by atoms with Gasteiger partial charge in [0, 0.05) is 0 Å². The fourth-order valence-electron chi connectivity index (χ4n) is 1.53. The number of hydrogen-bond acceptors (Lipinski definition) is 5. The van der Waals surface area contributed by atoms with Crippen molar-refractivity contribution in [3.63, 3.8) is 0 Å². The van der Waals surface area contributed by atoms with E-state index in [-0.39, 0.29) is 5.76 Å². The Kier molecular flexibility index (Phi) is 6.80. The van der Waals surface area contributed by atoms with Crippen LogP contribution in [0.3, 0.4) is 0 Å². The summed E-state index contributed by atoms with van der Waals surface area (Å²) < 4.78 is 4.91. The van der Waals surface area contributed by atoms with Gasteiger partial charge in [0.05, 0.1) is 6.26 Å². The SMILES string of the molecule is CSCC[C@H](NC(=O)C(C)NC(=O)c1ccco1)C(=O)O. The average molecular weight is 314 g/mol. The second-order valence-electron chi connectivity index (χ2n) is 4.35. The van der Waals surface area contributed by atoms with E-state index in [1.165, 1.54) is 31.0 Å². The zero-order valence-electron chi connectivity index (χ0n) is 11.8. The first kappa shape index (κ1) is 17.1. The summed E-state index contributed by atoms with van der Waals surface area (Å²) in [6, 6.07) is 1.20. The summed E-state index contributed by atoms with van der Waals surface area (Å²) in [5.41, 5.74) is 0. The minimum absolute atomic E-state index is 0.0896. The van der Waals surface area contributed by atoms with Gasteiger partial charge in [0.2, 0.25) is 5.91 Å². The number of carboxylic acids is 1. The third-order valence-electron chi connectivity index (χ3n) is 2.71. The van der Waals surface area contributed by atoms with E-state index in [0.717, 1.165) is 0 Å². The molecule has 1 rings (SSSR count). The number of rotatable bonds is 8. The summed E-state index contributed by atoms with van der Waals surface area (Å²) in [4.78, 5) is 34.7. The second kappa shape index (κ2) is 8.35. The third kappa shape index (κ3) is 5.50. The molecule has 0 spiro atoms. The zero-order valence-corrected chi connectivity index (χ0v) is 12.6. The Morgan fingerprint density at radius 1 is 1.38 bits per heavy atom. The molecule has 0 radical (unpaired) electrons. The van der Waals surface area contributed by atoms with Crippen LogP contribution in [0.25, 0.3) is 0 Å². The lowest BCUT2D eigenvalue weighted by atomic mass is 10.2. The Balaban J connectivity index is 2.52. The number of furan rings is 1. The van der Waals surface area contributed by atoms with E-state index in [0.29, 0.717) is 12.2 Å². The van der Waals surface area contributed by atoms with Crippen molar-refractivity contribution >= 4 is 29.5 Å². The van der Waals surface area contributed by atoms with E-state index in [1.807, 2.05) is 6.26 Å². The molecule has 0 aliphatic rings. The molecule has 0 aromatic carbocycles. The van der Waals surface area contributed by atoms with Crippen molar-refractivity contribution in [3.8, 4) is 0 Å². The molecule has 1 heterocycles. The van der Waals surface area contributed by atoms with E-state index in [2.05, 4.69) is 10.6 Å². The molecule has 0 aliphatic heterocycles. The molecule has 21 heavy (non-hydrogen) atoms. The Hall–Kier alpha value is -1.96. The molecule has 0 saturated carbocycles. The lowest BCUT2D eigenvalue weighted by Gasteiger charge is -2.18. The van der Waals surface area contributed by atoms with Crippen molar-refractivity contribution in [3.05, 3.63) is 24.2 Å². The number of thioether (sulfide) groups is 1. The van der Waals surface area contributed by atoms with Gasteiger partial charge < -0.3 is 20.2 Å². The Labute approximate surface area is 126 Å². The first-order chi connectivity index (χ1) is 9.95. The van der Waals surface area contributed by atoms with Crippen LogP contribution in [0.15, 0.2) is 22.8 Å². The number of aliphatic carboxylic acids is 1. The number of carbonyl (C=O) groups is 3. The highest BCUT2D eigenvalue weighted by molar-refractivity contribution is 7.98. The first-order valence-electron chi connectivity index (χ1n) is 6.32. The summed E-state index contributed by atoms with van der Waals surface area (Å²) in [5.74, 6) is -1.47. The van der Waals surface area contributed by atoms with Gasteiger partial charge in [-0.1, -0.05) is 0 Å². The number of carbonyl (C=O) groups excluding carboxylic acids is 2. The summed E-state index contributed by atoms with van der Waals surface area (Å²) in [6.45, 7) is 1.48. The van der Waals surface area contributed by atoms with Crippen LogP contribution in [0.1, 0.15) is 23.9 Å². The Bertz CT molecular complexity index is 489. The summed E-state index contributed by atoms with van der Waals surface area (Å²) >= 11 is 1.49. The maximum Gasteiger partial charge on any atom is 0.326 e. The molecule has 116 valence electrons. The highest BCUT2D eigenvalue weighted by atomic mass is 32.2. The van der Waals surface area contributed by atoms with Gasteiger partial charge in [-0.25, -0.2) is 4.79 Å². The molecule has 2 amide bonds. The van der Waals surface area contributed by atoms with Gasteiger partial charge in [-0.15, -0.1) is 0 Å². The smallest absolute Gasteiger partial charge is 0.326 e. The van der Waals surface area contributed by atoms with Crippen molar-refractivity contribution in [1.29, 1.82) is 0 Å². The van der Waals surface area contributed by atoms with E-state index in [1.54, 1.807) is 6.07 Å². The van der Waals surface area contributed by atoms with Crippen LogP contribution >= 0.6 is 11.8 Å². The van der Waals surface area contributed by atoms with Crippen LogP contribution in [-0.4, -0.2) is 47.0 Å². The van der Waals surface area contributed by atoms with Crippen LogP contribution in [0.5, 0.6) is 0 Å². The fourth-order valence-corrected chi connectivity index (χ4v) is 2.00. The molecule has 0 saturated heterocycles. The van der Waals surface area contributed by atoms with E-state index >= 15 is 0 Å². The van der Waals surface area contributed by atoms with Crippen LogP contribution in [0, 0.1) is 0 Å². The maximum absolute atomic E-state index is 11.9. The first-order valence-corrected chi connectivity index (χ1v) is 7.71. The van der Waals surface area contributed by atoms with Gasteiger partial charge in [-0.05, 0) is 37.5 Å². The number of nitrogens with one attached hydrogen (secondary N) is 2. The molecule has 0 fully saturated rings.